The number of amides is 1. The monoisotopic (exact) mass is 494 g/mol. The first kappa shape index (κ1) is 22.9. The minimum atomic E-state index is -0.885. The van der Waals surface area contributed by atoms with E-state index in [0.29, 0.717) is 40.8 Å². The molecule has 3 heterocycles. The van der Waals surface area contributed by atoms with Gasteiger partial charge in [-0.2, -0.15) is 0 Å². The van der Waals surface area contributed by atoms with Gasteiger partial charge in [0.1, 0.15) is 30.6 Å². The quantitative estimate of drug-likeness (QED) is 0.407. The van der Waals surface area contributed by atoms with Gasteiger partial charge in [0.25, 0.3) is 0 Å². The zero-order valence-electron chi connectivity index (χ0n) is 21.2. The number of fused-ring (bicyclic) bond motifs is 5. The summed E-state index contributed by atoms with van der Waals surface area (Å²) in [7, 11) is 0. The molecule has 5 nitrogen and oxygen atoms in total. The number of benzene rings is 3. The zero-order chi connectivity index (χ0) is 25.2. The Morgan fingerprint density at radius 3 is 2.43 bits per heavy atom. The molecule has 3 aliphatic heterocycles. The van der Waals surface area contributed by atoms with Crippen LogP contribution < -0.4 is 18.7 Å². The van der Waals surface area contributed by atoms with E-state index in [4.69, 9.17) is 21.1 Å². The van der Waals surface area contributed by atoms with Gasteiger partial charge in [0.05, 0.1) is 0 Å². The molecule has 2 unspecified atom stereocenters. The molecule has 1 saturated carbocycles. The summed E-state index contributed by atoms with van der Waals surface area (Å²) in [6.07, 6.45) is 6.07. The number of carbonyl (C=O) groups excluding carboxylic acids is 1. The fraction of sp³-hybridized carbons (Fsp3) is 0.375. The Morgan fingerprint density at radius 1 is 0.919 bits per heavy atom. The number of quaternary nitrogens is 1. The molecular formula is C32H32NO4+. The van der Waals surface area contributed by atoms with Crippen molar-refractivity contribution in [3.05, 3.63) is 89.8 Å². The molecule has 0 saturated heterocycles. The molecule has 0 bridgehead atoms. The van der Waals surface area contributed by atoms with Gasteiger partial charge in [0.15, 0.2) is 16.9 Å². The van der Waals surface area contributed by atoms with E-state index in [1.807, 2.05) is 30.3 Å². The molecular weight excluding hydrogens is 462 g/mol. The van der Waals surface area contributed by atoms with Crippen LogP contribution in [0.3, 0.4) is 0 Å². The second kappa shape index (κ2) is 8.35. The molecule has 188 valence electrons. The molecule has 3 aromatic rings. The predicted octanol–water partition coefficient (Wildman–Crippen LogP) is 6.17. The Hall–Kier alpha value is -3.31. The van der Waals surface area contributed by atoms with Crippen LogP contribution in [0.5, 0.6) is 17.2 Å². The largest absolute Gasteiger partial charge is 0.491 e. The molecule has 1 spiro atoms. The van der Waals surface area contributed by atoms with Gasteiger partial charge in [-0.1, -0.05) is 61.7 Å². The topological polar surface area (TPSA) is 44.8 Å². The summed E-state index contributed by atoms with van der Waals surface area (Å²) in [5.74, 6) is 2.74. The smallest absolute Gasteiger partial charge is 0.338 e. The summed E-state index contributed by atoms with van der Waals surface area (Å²) in [4.78, 5) is 15.3. The lowest BCUT2D eigenvalue weighted by atomic mass is 9.76. The number of rotatable bonds is 4. The zero-order valence-corrected chi connectivity index (χ0v) is 21.2. The molecule has 0 aromatic heterocycles. The fourth-order valence-electron chi connectivity index (χ4n) is 7.38. The maximum Gasteiger partial charge on any atom is 0.338 e. The average molecular weight is 495 g/mol. The normalized spacial score (nSPS) is 26.7. The van der Waals surface area contributed by atoms with E-state index in [1.54, 1.807) is 0 Å². The van der Waals surface area contributed by atoms with Crippen LogP contribution in [0.2, 0.25) is 0 Å². The van der Waals surface area contributed by atoms with Crippen molar-refractivity contribution < 1.29 is 19.0 Å². The maximum atomic E-state index is 15.3. The Labute approximate surface area is 218 Å². The van der Waals surface area contributed by atoms with Crippen LogP contribution in [-0.4, -0.2) is 25.3 Å². The second-order valence-electron chi connectivity index (χ2n) is 11.1. The lowest BCUT2D eigenvalue weighted by molar-refractivity contribution is -0.137. The van der Waals surface area contributed by atoms with Gasteiger partial charge < -0.3 is 14.2 Å². The third kappa shape index (κ3) is 3.16. The van der Waals surface area contributed by atoms with Gasteiger partial charge in [0, 0.05) is 28.7 Å². The molecule has 4 aliphatic rings. The van der Waals surface area contributed by atoms with Gasteiger partial charge in [-0.05, 0) is 44.4 Å². The van der Waals surface area contributed by atoms with Gasteiger partial charge in [-0.3, -0.25) is 0 Å². The van der Waals surface area contributed by atoms with Crippen molar-refractivity contribution in [2.45, 2.75) is 57.0 Å². The molecule has 7 rings (SSSR count). The van der Waals surface area contributed by atoms with Crippen molar-refractivity contribution in [3.63, 3.8) is 0 Å². The molecule has 1 fully saturated rings. The predicted molar refractivity (Wildman–Crippen MR) is 142 cm³/mol. The summed E-state index contributed by atoms with van der Waals surface area (Å²) in [5.41, 5.74) is 4.00. The van der Waals surface area contributed by atoms with Crippen LogP contribution in [0.15, 0.2) is 60.7 Å². The minimum absolute atomic E-state index is 0.129. The highest BCUT2D eigenvalue weighted by Crippen LogP contribution is 2.59. The van der Waals surface area contributed by atoms with Crippen LogP contribution in [-0.2, 0) is 16.8 Å². The first-order chi connectivity index (χ1) is 18.0. The number of para-hydroxylation sites is 1. The van der Waals surface area contributed by atoms with Crippen molar-refractivity contribution in [2.75, 3.05) is 13.4 Å². The van der Waals surface area contributed by atoms with E-state index in [9.17, 15) is 0 Å². The number of carbonyl (C=O) groups is 1. The molecule has 2 radical (unpaired) electrons. The van der Waals surface area contributed by atoms with Gasteiger partial charge in [-0.25, -0.2) is 9.28 Å². The maximum absolute atomic E-state index is 15.3. The van der Waals surface area contributed by atoms with Crippen molar-refractivity contribution in [1.82, 2.24) is 4.48 Å². The van der Waals surface area contributed by atoms with E-state index in [-0.39, 0.29) is 18.7 Å². The fourth-order valence-corrected chi connectivity index (χ4v) is 7.38. The first-order valence-corrected chi connectivity index (χ1v) is 13.5. The highest BCUT2D eigenvalue weighted by Gasteiger charge is 2.68. The van der Waals surface area contributed by atoms with Gasteiger partial charge >= 0.3 is 5.91 Å². The number of hydrogen-bond donors (Lipinski definition) is 0. The first-order valence-electron chi connectivity index (χ1n) is 13.5. The van der Waals surface area contributed by atoms with Crippen molar-refractivity contribution in [3.8, 4) is 17.2 Å². The molecule has 3 atom stereocenters. The second-order valence-corrected chi connectivity index (χ2v) is 11.1. The van der Waals surface area contributed by atoms with Crippen molar-refractivity contribution >= 4 is 11.6 Å². The van der Waals surface area contributed by atoms with Crippen LogP contribution in [0.4, 0.5) is 5.69 Å². The Bertz CT molecular complexity index is 1380. The highest BCUT2D eigenvalue weighted by molar-refractivity contribution is 6.08. The van der Waals surface area contributed by atoms with Crippen LogP contribution in [0.25, 0.3) is 0 Å². The Kier molecular flexibility index (Phi) is 5.16. The number of hydrogen-bond acceptors (Lipinski definition) is 4. The summed E-state index contributed by atoms with van der Waals surface area (Å²) in [6, 6.07) is 20.4. The molecule has 0 N–H and O–H groups in total. The van der Waals surface area contributed by atoms with Crippen molar-refractivity contribution in [1.29, 1.82) is 0 Å². The summed E-state index contributed by atoms with van der Waals surface area (Å²) < 4.78 is 17.9. The third-order valence-electron chi connectivity index (χ3n) is 9.34. The highest BCUT2D eigenvalue weighted by atomic mass is 16.7. The van der Waals surface area contributed by atoms with E-state index in [1.165, 1.54) is 19.3 Å². The van der Waals surface area contributed by atoms with Crippen LogP contribution in [0.1, 0.15) is 61.3 Å². The average Bonchev–Trinajstić information content (AvgIpc) is 3.60. The van der Waals surface area contributed by atoms with Gasteiger partial charge in [0.2, 0.25) is 6.79 Å². The summed E-state index contributed by atoms with van der Waals surface area (Å²) in [5, 5.41) is 0. The van der Waals surface area contributed by atoms with Crippen molar-refractivity contribution in [2.24, 2.45) is 5.92 Å². The SMILES string of the molecule is [CH]c1ccc(C[N+]2([C@@H](C)C3CCCCC3)C(=O)C3(COc4cc5c(cc43)OCO5)c3ccccc32)cc1. The van der Waals surface area contributed by atoms with Crippen LogP contribution >= 0.6 is 0 Å². The Morgan fingerprint density at radius 2 is 1.65 bits per heavy atom. The molecule has 3 aromatic carbocycles. The lowest BCUT2D eigenvalue weighted by Crippen LogP contribution is -2.63. The molecule has 37 heavy (non-hydrogen) atoms. The van der Waals surface area contributed by atoms with E-state index >= 15 is 4.79 Å². The van der Waals surface area contributed by atoms with E-state index in [2.05, 4.69) is 37.3 Å². The van der Waals surface area contributed by atoms with E-state index in [0.717, 1.165) is 40.8 Å². The summed E-state index contributed by atoms with van der Waals surface area (Å²) in [6.45, 7) is 9.40. The standard InChI is InChI=1S/C32H32NO4/c1-21-12-14-23(15-13-21)18-33(22(2)24-8-4-3-5-9-24)27-11-7-6-10-25(27)32(31(33)34)19-35-28-17-30-29(16-26(28)32)36-20-37-30/h1,6-7,10-17,22,24H,3-5,8-9,18-20H2,2H3/q+1/t22-,32?,33?/m0/s1. The minimum Gasteiger partial charge on any atom is -0.491 e. The molecule has 1 aliphatic carbocycles. The third-order valence-corrected chi connectivity index (χ3v) is 9.34. The van der Waals surface area contributed by atoms with E-state index < -0.39 is 5.41 Å². The van der Waals surface area contributed by atoms with Gasteiger partial charge in [-0.15, -0.1) is 0 Å². The Balaban J connectivity index is 1.44. The lowest BCUT2D eigenvalue weighted by Gasteiger charge is -2.43. The number of ether oxygens (including phenoxy) is 3. The molecule has 5 heteroatoms. The van der Waals surface area contributed by atoms with Crippen LogP contribution in [0, 0.1) is 12.8 Å². The molecule has 1 amide bonds. The number of nitrogens with zero attached hydrogens (tertiary/aromatic N) is 1. The summed E-state index contributed by atoms with van der Waals surface area (Å²) >= 11 is 0.